The van der Waals surface area contributed by atoms with Crippen molar-refractivity contribution in [2.45, 2.75) is 18.2 Å². The van der Waals surface area contributed by atoms with Crippen LogP contribution in [0.1, 0.15) is 20.8 Å². The molecule has 3 rings (SSSR count). The Morgan fingerprint density at radius 2 is 1.88 bits per heavy atom. The number of benzene rings is 2. The molecule has 0 radical (unpaired) electrons. The van der Waals surface area contributed by atoms with Crippen LogP contribution in [0.3, 0.4) is 0 Å². The zero-order valence-corrected chi connectivity index (χ0v) is 16.3. The van der Waals surface area contributed by atoms with E-state index in [0.717, 1.165) is 21.2 Å². The van der Waals surface area contributed by atoms with E-state index in [1.165, 1.54) is 23.5 Å². The number of aryl methyl sites for hydroxylation is 1. The van der Waals surface area contributed by atoms with Crippen molar-refractivity contribution in [3.8, 4) is 0 Å². The van der Waals surface area contributed by atoms with E-state index >= 15 is 0 Å². The Hall–Kier alpha value is -1.93. The summed E-state index contributed by atoms with van der Waals surface area (Å²) >= 11 is 7.71. The number of hydrogen-bond donors (Lipinski definition) is 2. The van der Waals surface area contributed by atoms with E-state index in [9.17, 15) is 13.2 Å². The Kier molecular flexibility index (Phi) is 5.34. The maximum absolute atomic E-state index is 12.4. The molecule has 0 fully saturated rings. The first kappa shape index (κ1) is 18.8. The van der Waals surface area contributed by atoms with Crippen LogP contribution in [0.4, 0.5) is 0 Å². The molecule has 3 N–H and O–H groups in total. The van der Waals surface area contributed by atoms with Gasteiger partial charge in [0.05, 0.1) is 9.92 Å². The Morgan fingerprint density at radius 1 is 1.19 bits per heavy atom. The number of fused-ring (bicyclic) bond motifs is 1. The van der Waals surface area contributed by atoms with Crippen molar-refractivity contribution in [2.75, 3.05) is 6.54 Å². The molecule has 0 saturated heterocycles. The van der Waals surface area contributed by atoms with E-state index in [4.69, 9.17) is 16.7 Å². The summed E-state index contributed by atoms with van der Waals surface area (Å²) in [5.74, 6) is -0.213. The van der Waals surface area contributed by atoms with Crippen LogP contribution in [0.5, 0.6) is 0 Å². The van der Waals surface area contributed by atoms with Crippen LogP contribution in [-0.2, 0) is 16.4 Å². The van der Waals surface area contributed by atoms with E-state index < -0.39 is 10.0 Å². The highest BCUT2D eigenvalue weighted by Crippen LogP contribution is 2.35. The van der Waals surface area contributed by atoms with E-state index in [-0.39, 0.29) is 10.8 Å². The first-order valence-corrected chi connectivity index (χ1v) is 10.6. The summed E-state index contributed by atoms with van der Waals surface area (Å²) < 4.78 is 23.5. The third kappa shape index (κ3) is 4.07. The molecule has 3 aromatic rings. The summed E-state index contributed by atoms with van der Waals surface area (Å²) in [6.07, 6.45) is 0.568. The quantitative estimate of drug-likeness (QED) is 0.677. The third-order valence-corrected chi connectivity index (χ3v) is 6.53. The van der Waals surface area contributed by atoms with Gasteiger partial charge in [-0.2, -0.15) is 0 Å². The smallest absolute Gasteiger partial charge is 0.262 e. The van der Waals surface area contributed by atoms with Gasteiger partial charge >= 0.3 is 0 Å². The molecule has 0 aliphatic rings. The Labute approximate surface area is 160 Å². The SMILES string of the molecule is Cc1ccc2c(Cl)c(C(=O)NCCc3ccc(S(N)(=O)=O)cc3)sc2c1. The molecule has 2 aromatic carbocycles. The third-order valence-electron chi connectivity index (χ3n) is 3.94. The van der Waals surface area contributed by atoms with Crippen LogP contribution < -0.4 is 10.5 Å². The second-order valence-electron chi connectivity index (χ2n) is 5.94. The zero-order chi connectivity index (χ0) is 18.9. The van der Waals surface area contributed by atoms with Gasteiger partial charge in [0.25, 0.3) is 5.91 Å². The summed E-state index contributed by atoms with van der Waals surface area (Å²) in [6, 6.07) is 12.2. The maximum Gasteiger partial charge on any atom is 0.262 e. The minimum atomic E-state index is -3.69. The van der Waals surface area contributed by atoms with Crippen molar-refractivity contribution >= 4 is 49.0 Å². The molecule has 136 valence electrons. The minimum absolute atomic E-state index is 0.0673. The molecule has 1 heterocycles. The van der Waals surface area contributed by atoms with Gasteiger partial charge in [-0.25, -0.2) is 13.6 Å². The molecule has 5 nitrogen and oxygen atoms in total. The number of carbonyl (C=O) groups excluding carboxylic acids is 1. The molecule has 0 aliphatic carbocycles. The molecule has 0 saturated carbocycles. The van der Waals surface area contributed by atoms with Gasteiger partial charge in [0, 0.05) is 16.6 Å². The number of carbonyl (C=O) groups is 1. The number of thiophene rings is 1. The predicted octanol–water partition coefficient (Wildman–Crippen LogP) is 3.48. The number of sulfonamides is 1. The summed E-state index contributed by atoms with van der Waals surface area (Å²) in [5.41, 5.74) is 2.01. The second-order valence-corrected chi connectivity index (χ2v) is 8.93. The number of hydrogen-bond acceptors (Lipinski definition) is 4. The molecular formula is C18H17ClN2O3S2. The number of nitrogens with two attached hydrogens (primary N) is 1. The van der Waals surface area contributed by atoms with Crippen LogP contribution in [0.25, 0.3) is 10.1 Å². The second kappa shape index (κ2) is 7.36. The van der Waals surface area contributed by atoms with Gasteiger partial charge in [0.1, 0.15) is 4.88 Å². The molecule has 0 aliphatic heterocycles. The number of primary sulfonamides is 1. The van der Waals surface area contributed by atoms with Crippen molar-refractivity contribution in [1.82, 2.24) is 5.32 Å². The van der Waals surface area contributed by atoms with E-state index in [0.29, 0.717) is 22.9 Å². The summed E-state index contributed by atoms with van der Waals surface area (Å²) in [4.78, 5) is 13.0. The van der Waals surface area contributed by atoms with Crippen molar-refractivity contribution in [1.29, 1.82) is 0 Å². The van der Waals surface area contributed by atoms with Gasteiger partial charge in [0.2, 0.25) is 10.0 Å². The van der Waals surface area contributed by atoms with Gasteiger partial charge in [-0.15, -0.1) is 11.3 Å². The van der Waals surface area contributed by atoms with Crippen molar-refractivity contribution in [3.63, 3.8) is 0 Å². The summed E-state index contributed by atoms with van der Waals surface area (Å²) in [5, 5.41) is 9.28. The number of rotatable bonds is 5. The highest BCUT2D eigenvalue weighted by Gasteiger charge is 2.16. The van der Waals surface area contributed by atoms with Crippen LogP contribution in [0.2, 0.25) is 5.02 Å². The van der Waals surface area contributed by atoms with E-state index in [2.05, 4.69) is 5.32 Å². The normalized spacial score (nSPS) is 11.7. The molecule has 0 spiro atoms. The zero-order valence-electron chi connectivity index (χ0n) is 14.0. The lowest BCUT2D eigenvalue weighted by atomic mass is 10.1. The lowest BCUT2D eigenvalue weighted by molar-refractivity contribution is 0.0958. The standard InChI is InChI=1S/C18H17ClN2O3S2/c1-11-2-7-14-15(10-11)25-17(16(14)19)18(22)21-9-8-12-3-5-13(6-4-12)26(20,23)24/h2-7,10H,8-9H2,1H3,(H,21,22)(H2,20,23,24). The Balaban J connectivity index is 1.65. The topological polar surface area (TPSA) is 89.3 Å². The Bertz CT molecular complexity index is 1070. The maximum atomic E-state index is 12.4. The van der Waals surface area contributed by atoms with Gasteiger partial charge in [-0.05, 0) is 42.7 Å². The van der Waals surface area contributed by atoms with Crippen molar-refractivity contribution in [2.24, 2.45) is 5.14 Å². The van der Waals surface area contributed by atoms with Crippen LogP contribution >= 0.6 is 22.9 Å². The fraction of sp³-hybridized carbons (Fsp3) is 0.167. The highest BCUT2D eigenvalue weighted by molar-refractivity contribution is 7.89. The molecule has 0 unspecified atom stereocenters. The van der Waals surface area contributed by atoms with Gasteiger partial charge < -0.3 is 5.32 Å². The monoisotopic (exact) mass is 408 g/mol. The minimum Gasteiger partial charge on any atom is -0.351 e. The van der Waals surface area contributed by atoms with Crippen molar-refractivity contribution < 1.29 is 13.2 Å². The molecule has 26 heavy (non-hydrogen) atoms. The van der Waals surface area contributed by atoms with Crippen LogP contribution in [0.15, 0.2) is 47.4 Å². The molecule has 0 bridgehead atoms. The van der Waals surface area contributed by atoms with Crippen LogP contribution in [-0.4, -0.2) is 20.9 Å². The average molecular weight is 409 g/mol. The molecule has 1 amide bonds. The largest absolute Gasteiger partial charge is 0.351 e. The first-order valence-electron chi connectivity index (χ1n) is 7.84. The fourth-order valence-electron chi connectivity index (χ4n) is 2.56. The number of nitrogens with one attached hydrogen (secondary N) is 1. The number of halogens is 1. The molecule has 0 atom stereocenters. The van der Waals surface area contributed by atoms with Gasteiger partial charge in [0.15, 0.2) is 0 Å². The summed E-state index contributed by atoms with van der Waals surface area (Å²) in [7, 11) is -3.69. The highest BCUT2D eigenvalue weighted by atomic mass is 35.5. The van der Waals surface area contributed by atoms with Crippen molar-refractivity contribution in [3.05, 3.63) is 63.5 Å². The van der Waals surface area contributed by atoms with E-state index in [1.807, 2.05) is 25.1 Å². The predicted molar refractivity (Wildman–Crippen MR) is 105 cm³/mol. The molecule has 8 heteroatoms. The number of amides is 1. The van der Waals surface area contributed by atoms with Gasteiger partial charge in [-0.3, -0.25) is 4.79 Å². The lowest BCUT2D eigenvalue weighted by Gasteiger charge is -2.05. The molecular weight excluding hydrogens is 392 g/mol. The average Bonchev–Trinajstić information content (AvgIpc) is 2.90. The Morgan fingerprint density at radius 3 is 2.54 bits per heavy atom. The van der Waals surface area contributed by atoms with Gasteiger partial charge in [-0.1, -0.05) is 35.9 Å². The first-order chi connectivity index (χ1) is 12.3. The lowest BCUT2D eigenvalue weighted by Crippen LogP contribution is -2.25. The fourth-order valence-corrected chi connectivity index (χ4v) is 4.61. The summed E-state index contributed by atoms with van der Waals surface area (Å²) in [6.45, 7) is 2.41. The van der Waals surface area contributed by atoms with Crippen LogP contribution in [0, 0.1) is 6.92 Å². The molecule has 1 aromatic heterocycles. The van der Waals surface area contributed by atoms with E-state index in [1.54, 1.807) is 12.1 Å².